The van der Waals surface area contributed by atoms with Crippen molar-refractivity contribution in [2.24, 2.45) is 23.5 Å². The molecule has 0 aliphatic carbocycles. The fourth-order valence-electron chi connectivity index (χ4n) is 0.575. The molecule has 84 valence electrons. The van der Waals surface area contributed by atoms with E-state index in [-0.39, 0.29) is 5.88 Å². The van der Waals surface area contributed by atoms with E-state index in [0.717, 1.165) is 0 Å². The van der Waals surface area contributed by atoms with Gasteiger partial charge in [-0.05, 0) is 0 Å². The number of anilines is 1. The van der Waals surface area contributed by atoms with Crippen molar-refractivity contribution in [3.05, 3.63) is 6.20 Å². The van der Waals surface area contributed by atoms with Gasteiger partial charge < -0.3 is 32.0 Å². The van der Waals surface area contributed by atoms with E-state index in [1.807, 2.05) is 0 Å². The van der Waals surface area contributed by atoms with Crippen LogP contribution < -0.4 is 17.2 Å². The summed E-state index contributed by atoms with van der Waals surface area (Å²) in [5.74, 6) is -0.153. The van der Waals surface area contributed by atoms with Gasteiger partial charge in [0.15, 0.2) is 5.96 Å². The lowest BCUT2D eigenvalue weighted by molar-refractivity contribution is 0.205. The van der Waals surface area contributed by atoms with Crippen LogP contribution in [-0.2, 0) is 7.05 Å². The maximum atomic E-state index is 9.46. The number of amides is 1. The number of aliphatic imine (C=N–C) groups is 1. The number of rotatable bonds is 0. The Morgan fingerprint density at radius 1 is 1.60 bits per heavy atom. The number of nitrogens with zero attached hydrogens (tertiary/aromatic N) is 3. The minimum atomic E-state index is -1.37. The highest BCUT2D eigenvalue weighted by Gasteiger charge is 1.95. The normalized spacial score (nSPS) is 8.60. The van der Waals surface area contributed by atoms with E-state index < -0.39 is 12.1 Å². The van der Waals surface area contributed by atoms with Gasteiger partial charge in [-0.2, -0.15) is 4.98 Å². The van der Waals surface area contributed by atoms with Crippen molar-refractivity contribution >= 4 is 18.0 Å². The molecule has 9 heteroatoms. The zero-order valence-electron chi connectivity index (χ0n) is 7.95. The quantitative estimate of drug-likeness (QED) is 0.264. The van der Waals surface area contributed by atoms with Crippen LogP contribution >= 0.6 is 0 Å². The number of hydrogen-bond donors (Lipinski definition) is 5. The van der Waals surface area contributed by atoms with Crippen molar-refractivity contribution in [1.82, 2.24) is 9.55 Å². The fraction of sp³-hybridized carbons (Fsp3) is 0.167. The fourth-order valence-corrected chi connectivity index (χ4v) is 0.575. The molecule has 0 aromatic carbocycles. The van der Waals surface area contributed by atoms with Gasteiger partial charge in [0.2, 0.25) is 11.8 Å². The summed E-state index contributed by atoms with van der Waals surface area (Å²) in [5, 5.41) is 16.4. The Morgan fingerprint density at radius 2 is 2.13 bits per heavy atom. The van der Waals surface area contributed by atoms with E-state index in [2.05, 4.69) is 21.4 Å². The van der Waals surface area contributed by atoms with Gasteiger partial charge in [0.25, 0.3) is 0 Å². The molecule has 9 nitrogen and oxygen atoms in total. The average Bonchev–Trinajstić information content (AvgIpc) is 2.27. The number of aromatic nitrogens is 2. The maximum Gasteiger partial charge on any atom is 0.434 e. The van der Waals surface area contributed by atoms with Gasteiger partial charge in [0.1, 0.15) is 0 Å². The molecule has 0 bridgehead atoms. The zero-order chi connectivity index (χ0) is 12.0. The second-order valence-corrected chi connectivity index (χ2v) is 2.39. The second kappa shape index (κ2) is 5.32. The minimum absolute atomic E-state index is 0.0370. The first-order valence-corrected chi connectivity index (χ1v) is 3.63. The average molecular weight is 216 g/mol. The Hall–Kier alpha value is -2.45. The molecule has 1 heterocycles. The lowest BCUT2D eigenvalue weighted by Gasteiger charge is -1.86. The lowest BCUT2D eigenvalue weighted by atomic mass is 10.8. The number of aromatic hydroxyl groups is 1. The van der Waals surface area contributed by atoms with Crippen LogP contribution in [0.4, 0.5) is 10.7 Å². The molecule has 1 rings (SSSR count). The number of nitrogens with two attached hydrogens (primary N) is 3. The predicted molar refractivity (Wildman–Crippen MR) is 53.1 cm³/mol. The van der Waals surface area contributed by atoms with Crippen LogP contribution in [0.2, 0.25) is 0 Å². The van der Waals surface area contributed by atoms with Crippen LogP contribution in [0.25, 0.3) is 0 Å². The molecular weight excluding hydrogens is 204 g/mol. The summed E-state index contributed by atoms with van der Waals surface area (Å²) in [7, 11) is 1.71. The largest absolute Gasteiger partial charge is 0.492 e. The number of aryl methyl sites for hydroxylation is 1. The Kier molecular flexibility index (Phi) is 4.45. The first-order chi connectivity index (χ1) is 6.82. The Labute approximate surface area is 84.8 Å². The van der Waals surface area contributed by atoms with Crippen molar-refractivity contribution in [3.8, 4) is 5.88 Å². The number of nitrogen functional groups attached to an aromatic ring is 1. The second-order valence-electron chi connectivity index (χ2n) is 2.39. The molecular formula is C6H12N6O3. The Morgan fingerprint density at radius 3 is 2.20 bits per heavy atom. The molecule has 0 fully saturated rings. The summed E-state index contributed by atoms with van der Waals surface area (Å²) in [6.07, 6.45) is 0.0648. The Balaban J connectivity index is 0.000000265. The summed E-state index contributed by atoms with van der Waals surface area (Å²) >= 11 is 0. The summed E-state index contributed by atoms with van der Waals surface area (Å²) in [6.45, 7) is 0. The summed E-state index contributed by atoms with van der Waals surface area (Å²) in [6, 6.07) is 0. The van der Waals surface area contributed by atoms with E-state index in [1.165, 1.54) is 10.8 Å². The van der Waals surface area contributed by atoms with Crippen LogP contribution in [0.1, 0.15) is 0 Å². The SMILES string of the molecule is Cn1cc(O)nc1N.NC(N)=NC(=O)O. The molecule has 0 saturated heterocycles. The molecule has 1 aromatic heterocycles. The number of imidazole rings is 1. The van der Waals surface area contributed by atoms with Gasteiger partial charge in [-0.25, -0.2) is 4.79 Å². The van der Waals surface area contributed by atoms with Gasteiger partial charge in [-0.1, -0.05) is 0 Å². The molecule has 8 N–H and O–H groups in total. The first-order valence-electron chi connectivity index (χ1n) is 3.63. The molecule has 1 aromatic rings. The van der Waals surface area contributed by atoms with E-state index in [0.29, 0.717) is 5.95 Å². The molecule has 0 spiro atoms. The third kappa shape index (κ3) is 5.74. The molecule has 0 aliphatic heterocycles. The molecule has 0 aliphatic rings. The molecule has 0 atom stereocenters. The highest BCUT2D eigenvalue weighted by Crippen LogP contribution is 2.06. The van der Waals surface area contributed by atoms with Crippen LogP contribution in [0.15, 0.2) is 11.2 Å². The standard InChI is InChI=1S/C4H7N3O.C2H5N3O2/c1-7-2-3(8)6-4(7)5;3-1(4)5-2(6)7/h2,8H,1H3,(H2,5,6);(H,6,7)(H4,3,4,5). The molecule has 0 unspecified atom stereocenters. The monoisotopic (exact) mass is 216 g/mol. The summed E-state index contributed by atoms with van der Waals surface area (Å²) in [4.78, 5) is 15.6. The number of carboxylic acid groups (broad SMARTS) is 1. The van der Waals surface area contributed by atoms with Crippen molar-refractivity contribution in [2.45, 2.75) is 0 Å². The van der Waals surface area contributed by atoms with E-state index >= 15 is 0 Å². The van der Waals surface area contributed by atoms with Crippen molar-refractivity contribution in [2.75, 3.05) is 5.73 Å². The summed E-state index contributed by atoms with van der Waals surface area (Å²) < 4.78 is 1.54. The van der Waals surface area contributed by atoms with E-state index in [1.54, 1.807) is 7.05 Å². The topological polar surface area (TPSA) is 166 Å². The molecule has 0 radical (unpaired) electrons. The lowest BCUT2D eigenvalue weighted by Crippen LogP contribution is -2.23. The van der Waals surface area contributed by atoms with Crippen molar-refractivity contribution in [1.29, 1.82) is 0 Å². The molecule has 0 saturated carbocycles. The number of carbonyl (C=O) groups is 1. The third-order valence-electron chi connectivity index (χ3n) is 1.12. The summed E-state index contributed by atoms with van der Waals surface area (Å²) in [5.41, 5.74) is 14.5. The van der Waals surface area contributed by atoms with E-state index in [4.69, 9.17) is 15.9 Å². The van der Waals surface area contributed by atoms with Gasteiger partial charge in [0, 0.05) is 7.05 Å². The van der Waals surface area contributed by atoms with Crippen LogP contribution in [-0.4, -0.2) is 31.8 Å². The smallest absolute Gasteiger partial charge is 0.434 e. The zero-order valence-corrected chi connectivity index (χ0v) is 7.95. The van der Waals surface area contributed by atoms with Gasteiger partial charge in [-0.15, -0.1) is 4.99 Å². The molecule has 15 heavy (non-hydrogen) atoms. The highest BCUT2D eigenvalue weighted by molar-refractivity contribution is 5.86. The maximum absolute atomic E-state index is 9.46. The Bertz CT molecular complexity index is 347. The van der Waals surface area contributed by atoms with Crippen LogP contribution in [0, 0.1) is 0 Å². The van der Waals surface area contributed by atoms with Gasteiger partial charge in [-0.3, -0.25) is 0 Å². The number of hydrogen-bond acceptors (Lipinski definition) is 4. The highest BCUT2D eigenvalue weighted by atomic mass is 16.4. The van der Waals surface area contributed by atoms with E-state index in [9.17, 15) is 4.79 Å². The third-order valence-corrected chi connectivity index (χ3v) is 1.12. The van der Waals surface area contributed by atoms with Gasteiger partial charge in [0.05, 0.1) is 6.20 Å². The van der Waals surface area contributed by atoms with Crippen molar-refractivity contribution < 1.29 is 15.0 Å². The van der Waals surface area contributed by atoms with Crippen molar-refractivity contribution in [3.63, 3.8) is 0 Å². The van der Waals surface area contributed by atoms with Gasteiger partial charge >= 0.3 is 6.09 Å². The van der Waals surface area contributed by atoms with Crippen LogP contribution in [0.3, 0.4) is 0 Å². The van der Waals surface area contributed by atoms with Crippen LogP contribution in [0.5, 0.6) is 5.88 Å². The first kappa shape index (κ1) is 12.6. The minimum Gasteiger partial charge on any atom is -0.492 e. The number of guanidine groups is 1. The predicted octanol–water partition coefficient (Wildman–Crippen LogP) is -1.35. The molecule has 1 amide bonds.